The number of anilines is 2. The van der Waals surface area contributed by atoms with Crippen molar-refractivity contribution < 1.29 is 23.9 Å². The topological polar surface area (TPSA) is 84.9 Å². The summed E-state index contributed by atoms with van der Waals surface area (Å²) < 4.78 is 10.5. The fraction of sp³-hybridized carbons (Fsp3) is 0.250. The number of hydrogen-bond acceptors (Lipinski definition) is 5. The molecule has 2 aromatic rings. The number of methoxy groups -OCH3 is 1. The molecule has 140 valence electrons. The average Bonchev–Trinajstić information content (AvgIpc) is 2.69. The molecule has 0 aliphatic carbocycles. The molecule has 2 amide bonds. The first-order chi connectivity index (χ1) is 13.0. The van der Waals surface area contributed by atoms with E-state index in [2.05, 4.69) is 5.32 Å². The maximum absolute atomic E-state index is 12.3. The summed E-state index contributed by atoms with van der Waals surface area (Å²) in [5.41, 5.74) is 1.61. The fourth-order valence-corrected chi connectivity index (χ4v) is 2.77. The van der Waals surface area contributed by atoms with Crippen LogP contribution in [0.15, 0.2) is 42.5 Å². The van der Waals surface area contributed by atoms with Gasteiger partial charge in [0.1, 0.15) is 5.75 Å². The molecule has 1 heterocycles. The van der Waals surface area contributed by atoms with Gasteiger partial charge < -0.3 is 19.7 Å². The normalized spacial score (nSPS) is 12.8. The molecule has 1 N–H and O–H groups in total. The number of Topliss-reactive ketones (excluding diaryl/α,β-unsaturated/α-hetero) is 1. The predicted molar refractivity (Wildman–Crippen MR) is 101 cm³/mol. The smallest absolute Gasteiger partial charge is 0.264 e. The van der Waals surface area contributed by atoms with Crippen molar-refractivity contribution in [3.05, 3.63) is 48.0 Å². The predicted octanol–water partition coefficient (Wildman–Crippen LogP) is 2.65. The minimum Gasteiger partial charge on any atom is -0.497 e. The van der Waals surface area contributed by atoms with Crippen LogP contribution in [0.1, 0.15) is 23.2 Å². The third-order valence-electron chi connectivity index (χ3n) is 4.33. The quantitative estimate of drug-likeness (QED) is 0.793. The Balaban J connectivity index is 1.61. The van der Waals surface area contributed by atoms with Gasteiger partial charge in [-0.3, -0.25) is 14.4 Å². The zero-order chi connectivity index (χ0) is 19.4. The molecule has 7 heteroatoms. The van der Waals surface area contributed by atoms with Gasteiger partial charge in [0.05, 0.1) is 18.5 Å². The number of amides is 2. The highest BCUT2D eigenvalue weighted by Gasteiger charge is 2.25. The van der Waals surface area contributed by atoms with Crippen molar-refractivity contribution in [1.29, 1.82) is 0 Å². The molecule has 0 fully saturated rings. The number of likely N-dealkylation sites (N-methyl/N-ethyl adjacent to an activating group) is 1. The van der Waals surface area contributed by atoms with Crippen LogP contribution in [0.4, 0.5) is 11.4 Å². The van der Waals surface area contributed by atoms with E-state index >= 15 is 0 Å². The van der Waals surface area contributed by atoms with Gasteiger partial charge in [-0.1, -0.05) is 6.07 Å². The molecule has 0 radical (unpaired) electrons. The van der Waals surface area contributed by atoms with E-state index in [1.165, 1.54) is 4.90 Å². The lowest BCUT2D eigenvalue weighted by atomic mass is 10.1. The molecule has 1 aliphatic heterocycles. The van der Waals surface area contributed by atoms with E-state index < -0.39 is 0 Å². The van der Waals surface area contributed by atoms with Crippen LogP contribution >= 0.6 is 0 Å². The Bertz CT molecular complexity index is 876. The van der Waals surface area contributed by atoms with E-state index in [1.807, 2.05) is 0 Å². The first-order valence-electron chi connectivity index (χ1n) is 8.49. The lowest BCUT2D eigenvalue weighted by Gasteiger charge is -2.27. The van der Waals surface area contributed by atoms with Gasteiger partial charge in [0.15, 0.2) is 18.1 Å². The van der Waals surface area contributed by atoms with Crippen molar-refractivity contribution in [1.82, 2.24) is 0 Å². The fourth-order valence-electron chi connectivity index (χ4n) is 2.77. The number of rotatable bonds is 6. The van der Waals surface area contributed by atoms with E-state index in [4.69, 9.17) is 9.47 Å². The largest absolute Gasteiger partial charge is 0.497 e. The van der Waals surface area contributed by atoms with E-state index in [1.54, 1.807) is 56.6 Å². The third-order valence-corrected chi connectivity index (χ3v) is 4.33. The Kier molecular flexibility index (Phi) is 5.40. The number of ether oxygens (including phenoxy) is 2. The number of carbonyl (C=O) groups is 3. The minimum atomic E-state index is -0.298. The lowest BCUT2D eigenvalue weighted by Crippen LogP contribution is -2.35. The number of ketones is 1. The van der Waals surface area contributed by atoms with E-state index in [0.29, 0.717) is 28.4 Å². The Hall–Kier alpha value is -3.35. The van der Waals surface area contributed by atoms with E-state index in [9.17, 15) is 14.4 Å². The highest BCUT2D eigenvalue weighted by molar-refractivity contribution is 6.03. The SMILES string of the molecule is COc1ccc(C(=O)CCC(=O)Nc2cccc3c2OCC(=O)N3C)cc1. The number of benzene rings is 2. The number of carbonyl (C=O) groups excluding carboxylic acids is 3. The van der Waals surface area contributed by atoms with Gasteiger partial charge in [-0.15, -0.1) is 0 Å². The Morgan fingerprint density at radius 1 is 1.15 bits per heavy atom. The maximum Gasteiger partial charge on any atom is 0.264 e. The van der Waals surface area contributed by atoms with Gasteiger partial charge >= 0.3 is 0 Å². The average molecular weight is 368 g/mol. The molecule has 0 saturated heterocycles. The van der Waals surface area contributed by atoms with Crippen molar-refractivity contribution in [2.75, 3.05) is 31.0 Å². The second kappa shape index (κ2) is 7.90. The zero-order valence-electron chi connectivity index (χ0n) is 15.2. The number of fused-ring (bicyclic) bond motifs is 1. The molecule has 0 aromatic heterocycles. The molecule has 2 aromatic carbocycles. The van der Waals surface area contributed by atoms with Crippen molar-refractivity contribution in [3.63, 3.8) is 0 Å². The summed E-state index contributed by atoms with van der Waals surface area (Å²) in [5, 5.41) is 2.76. The Morgan fingerprint density at radius 2 is 1.89 bits per heavy atom. The molecular formula is C20H20N2O5. The van der Waals surface area contributed by atoms with Crippen LogP contribution in [0.2, 0.25) is 0 Å². The van der Waals surface area contributed by atoms with Crippen LogP contribution in [0.25, 0.3) is 0 Å². The molecule has 1 aliphatic rings. The molecule has 0 bridgehead atoms. The summed E-state index contributed by atoms with van der Waals surface area (Å²) in [6, 6.07) is 11.9. The van der Waals surface area contributed by atoms with Crippen LogP contribution in [-0.2, 0) is 9.59 Å². The van der Waals surface area contributed by atoms with Crippen LogP contribution in [0.5, 0.6) is 11.5 Å². The van der Waals surface area contributed by atoms with Gasteiger partial charge in [0.25, 0.3) is 5.91 Å². The second-order valence-corrected chi connectivity index (χ2v) is 6.10. The molecule has 0 spiro atoms. The van der Waals surface area contributed by atoms with Gasteiger partial charge in [0, 0.05) is 25.5 Å². The summed E-state index contributed by atoms with van der Waals surface area (Å²) >= 11 is 0. The Labute approximate surface area is 156 Å². The summed E-state index contributed by atoms with van der Waals surface area (Å²) in [7, 11) is 3.21. The van der Waals surface area contributed by atoms with Gasteiger partial charge in [-0.05, 0) is 36.4 Å². The van der Waals surface area contributed by atoms with Crippen LogP contribution in [0, 0.1) is 0 Å². The van der Waals surface area contributed by atoms with Gasteiger partial charge in [-0.2, -0.15) is 0 Å². The van der Waals surface area contributed by atoms with Crippen molar-refractivity contribution >= 4 is 29.0 Å². The van der Waals surface area contributed by atoms with Crippen molar-refractivity contribution in [2.24, 2.45) is 0 Å². The lowest BCUT2D eigenvalue weighted by molar-refractivity contribution is -0.121. The summed E-state index contributed by atoms with van der Waals surface area (Å²) in [4.78, 5) is 37.7. The highest BCUT2D eigenvalue weighted by atomic mass is 16.5. The summed E-state index contributed by atoms with van der Waals surface area (Å²) in [6.45, 7) is -0.0770. The summed E-state index contributed by atoms with van der Waals surface area (Å²) in [6.07, 6.45) is 0.135. The first kappa shape index (κ1) is 18.4. The summed E-state index contributed by atoms with van der Waals surface area (Å²) in [5.74, 6) is 0.546. The zero-order valence-corrected chi connectivity index (χ0v) is 15.2. The van der Waals surface area contributed by atoms with Crippen LogP contribution in [-0.4, -0.2) is 38.4 Å². The maximum atomic E-state index is 12.3. The minimum absolute atomic E-state index is 0.0449. The monoisotopic (exact) mass is 368 g/mol. The molecule has 7 nitrogen and oxygen atoms in total. The van der Waals surface area contributed by atoms with Gasteiger partial charge in [-0.25, -0.2) is 0 Å². The molecule has 3 rings (SSSR count). The number of hydrogen-bond donors (Lipinski definition) is 1. The van der Waals surface area contributed by atoms with Crippen molar-refractivity contribution in [3.8, 4) is 11.5 Å². The number of para-hydroxylation sites is 1. The van der Waals surface area contributed by atoms with E-state index in [-0.39, 0.29) is 37.0 Å². The van der Waals surface area contributed by atoms with Crippen LogP contribution in [0.3, 0.4) is 0 Å². The standard InChI is InChI=1S/C20H20N2O5/c1-22-16-5-3-4-15(20(16)27-12-19(22)25)21-18(24)11-10-17(23)13-6-8-14(26-2)9-7-13/h3-9H,10-12H2,1-2H3,(H,21,24). The number of nitrogens with zero attached hydrogens (tertiary/aromatic N) is 1. The number of nitrogens with one attached hydrogen (secondary N) is 1. The highest BCUT2D eigenvalue weighted by Crippen LogP contribution is 2.38. The third kappa shape index (κ3) is 4.08. The van der Waals surface area contributed by atoms with Crippen LogP contribution < -0.4 is 19.7 Å². The van der Waals surface area contributed by atoms with Crippen molar-refractivity contribution in [2.45, 2.75) is 12.8 Å². The molecule has 0 unspecified atom stereocenters. The molecular weight excluding hydrogens is 348 g/mol. The molecule has 0 saturated carbocycles. The van der Waals surface area contributed by atoms with Gasteiger partial charge in [0.2, 0.25) is 5.91 Å². The Morgan fingerprint density at radius 3 is 2.59 bits per heavy atom. The first-order valence-corrected chi connectivity index (χ1v) is 8.49. The molecule has 0 atom stereocenters. The second-order valence-electron chi connectivity index (χ2n) is 6.10. The molecule has 27 heavy (non-hydrogen) atoms. The van der Waals surface area contributed by atoms with E-state index in [0.717, 1.165) is 0 Å².